The van der Waals surface area contributed by atoms with Gasteiger partial charge in [-0.05, 0) is 37.9 Å². The summed E-state index contributed by atoms with van der Waals surface area (Å²) in [6.07, 6.45) is 6.90. The molecule has 2 rings (SSSR count). The summed E-state index contributed by atoms with van der Waals surface area (Å²) in [4.78, 5) is 25.6. The van der Waals surface area contributed by atoms with Gasteiger partial charge in [0.05, 0.1) is 13.0 Å². The third-order valence-corrected chi connectivity index (χ3v) is 4.88. The number of methoxy groups -OCH3 is 1. The van der Waals surface area contributed by atoms with E-state index in [0.29, 0.717) is 18.2 Å². The number of hydrogen-bond acceptors (Lipinski definition) is 4. The molecule has 0 atom stereocenters. The van der Waals surface area contributed by atoms with Crippen LogP contribution < -0.4 is 5.32 Å². The van der Waals surface area contributed by atoms with Gasteiger partial charge >= 0.3 is 5.97 Å². The van der Waals surface area contributed by atoms with Gasteiger partial charge in [0.2, 0.25) is 5.91 Å². The number of esters is 1. The number of carbonyl (C=O) groups is 2. The third-order valence-electron chi connectivity index (χ3n) is 4.52. The maximum atomic E-state index is 12.2. The largest absolute Gasteiger partial charge is 0.469 e. The second-order valence-corrected chi connectivity index (χ2v) is 6.30. The Bertz CT molecular complexity index is 400. The number of rotatable bonds is 2. The summed E-state index contributed by atoms with van der Waals surface area (Å²) in [6, 6.07) is 0. The highest BCUT2D eigenvalue weighted by atomic mass is 32.1. The molecule has 0 bridgehead atoms. The average Bonchev–Trinajstić information content (AvgIpc) is 2.55. The van der Waals surface area contributed by atoms with E-state index in [9.17, 15) is 9.59 Å². The zero-order valence-electron chi connectivity index (χ0n) is 12.6. The van der Waals surface area contributed by atoms with Crippen molar-refractivity contribution in [3.8, 4) is 0 Å². The van der Waals surface area contributed by atoms with Gasteiger partial charge in [-0.2, -0.15) is 0 Å². The van der Waals surface area contributed by atoms with Gasteiger partial charge in [-0.1, -0.05) is 19.3 Å². The fourth-order valence-corrected chi connectivity index (χ4v) is 3.42. The molecule has 0 aromatic rings. The first-order valence-electron chi connectivity index (χ1n) is 7.79. The summed E-state index contributed by atoms with van der Waals surface area (Å²) < 4.78 is 4.77. The van der Waals surface area contributed by atoms with Gasteiger partial charge in [0.25, 0.3) is 0 Å². The van der Waals surface area contributed by atoms with Gasteiger partial charge in [0, 0.05) is 19.0 Å². The van der Waals surface area contributed by atoms with Crippen molar-refractivity contribution in [2.45, 2.75) is 44.9 Å². The number of piperidine rings is 1. The summed E-state index contributed by atoms with van der Waals surface area (Å²) in [6.45, 7) is 1.40. The van der Waals surface area contributed by atoms with Crippen molar-refractivity contribution < 1.29 is 14.3 Å². The quantitative estimate of drug-likeness (QED) is 0.623. The molecule has 21 heavy (non-hydrogen) atoms. The topological polar surface area (TPSA) is 58.6 Å². The first-order chi connectivity index (χ1) is 10.1. The van der Waals surface area contributed by atoms with E-state index in [1.165, 1.54) is 13.5 Å². The standard InChI is InChI=1S/C15H24N2O3S/c1-20-14(19)12-7-9-17(10-8-12)15(21)16-13(18)11-5-3-2-4-6-11/h11-12H,2-10H2,1H3,(H,16,18,21). The van der Waals surface area contributed by atoms with Crippen LogP contribution in [-0.4, -0.2) is 42.1 Å². The van der Waals surface area contributed by atoms with Gasteiger partial charge in [-0.3, -0.25) is 9.59 Å². The van der Waals surface area contributed by atoms with Gasteiger partial charge in [0.1, 0.15) is 0 Å². The van der Waals surface area contributed by atoms with Crippen LogP contribution in [0.4, 0.5) is 0 Å². The Kier molecular flexibility index (Phi) is 5.96. The predicted octanol–water partition coefficient (Wildman–Crippen LogP) is 1.85. The summed E-state index contributed by atoms with van der Waals surface area (Å²) >= 11 is 5.33. The van der Waals surface area contributed by atoms with Crippen LogP contribution >= 0.6 is 12.2 Å². The van der Waals surface area contributed by atoms with Crippen molar-refractivity contribution in [3.05, 3.63) is 0 Å². The molecule has 0 unspecified atom stereocenters. The molecule has 0 aromatic heterocycles. The summed E-state index contributed by atoms with van der Waals surface area (Å²) in [7, 11) is 1.42. The van der Waals surface area contributed by atoms with Crippen LogP contribution in [0.15, 0.2) is 0 Å². The number of amides is 1. The molecule has 6 heteroatoms. The molecule has 0 spiro atoms. The van der Waals surface area contributed by atoms with E-state index in [1.54, 1.807) is 0 Å². The number of ether oxygens (including phenoxy) is 1. The summed E-state index contributed by atoms with van der Waals surface area (Å²) in [5, 5.41) is 3.39. The molecule has 1 saturated heterocycles. The number of nitrogens with zero attached hydrogens (tertiary/aromatic N) is 1. The number of nitrogens with one attached hydrogen (secondary N) is 1. The summed E-state index contributed by atoms with van der Waals surface area (Å²) in [5.74, 6) is -0.00555. The molecule has 1 heterocycles. The molecule has 5 nitrogen and oxygen atoms in total. The zero-order chi connectivity index (χ0) is 15.2. The Morgan fingerprint density at radius 2 is 1.67 bits per heavy atom. The van der Waals surface area contributed by atoms with Crippen molar-refractivity contribution in [1.29, 1.82) is 0 Å². The van der Waals surface area contributed by atoms with Crippen LogP contribution in [0.2, 0.25) is 0 Å². The van der Waals surface area contributed by atoms with Crippen molar-refractivity contribution in [2.24, 2.45) is 11.8 Å². The molecular formula is C15H24N2O3S. The normalized spacial score (nSPS) is 20.9. The van der Waals surface area contributed by atoms with Crippen molar-refractivity contribution in [1.82, 2.24) is 10.2 Å². The highest BCUT2D eigenvalue weighted by molar-refractivity contribution is 7.80. The Morgan fingerprint density at radius 3 is 2.24 bits per heavy atom. The average molecular weight is 312 g/mol. The molecular weight excluding hydrogens is 288 g/mol. The lowest BCUT2D eigenvalue weighted by Gasteiger charge is -2.33. The number of thiocarbonyl (C=S) groups is 1. The lowest BCUT2D eigenvalue weighted by Crippen LogP contribution is -2.48. The number of likely N-dealkylation sites (tertiary alicyclic amines) is 1. The lowest BCUT2D eigenvalue weighted by atomic mass is 9.89. The molecule has 1 N–H and O–H groups in total. The molecule has 2 aliphatic rings. The Labute approximate surface area is 131 Å². The molecule has 0 aromatic carbocycles. The lowest BCUT2D eigenvalue weighted by molar-refractivity contribution is -0.146. The maximum absolute atomic E-state index is 12.2. The van der Waals surface area contributed by atoms with E-state index in [0.717, 1.165) is 38.5 Å². The van der Waals surface area contributed by atoms with Crippen LogP contribution in [0.25, 0.3) is 0 Å². The molecule has 1 aliphatic carbocycles. The Balaban J connectivity index is 1.76. The summed E-state index contributed by atoms with van der Waals surface area (Å²) in [5.41, 5.74) is 0. The molecule has 1 saturated carbocycles. The maximum Gasteiger partial charge on any atom is 0.308 e. The minimum Gasteiger partial charge on any atom is -0.469 e. The molecule has 0 radical (unpaired) electrons. The van der Waals surface area contributed by atoms with Crippen LogP contribution in [0.1, 0.15) is 44.9 Å². The third kappa shape index (κ3) is 4.40. The Hall–Kier alpha value is -1.17. The van der Waals surface area contributed by atoms with Gasteiger partial charge in [-0.15, -0.1) is 0 Å². The van der Waals surface area contributed by atoms with E-state index < -0.39 is 0 Å². The van der Waals surface area contributed by atoms with E-state index >= 15 is 0 Å². The van der Waals surface area contributed by atoms with E-state index in [-0.39, 0.29) is 23.7 Å². The second kappa shape index (κ2) is 7.73. The van der Waals surface area contributed by atoms with Gasteiger partial charge in [0.15, 0.2) is 5.11 Å². The molecule has 1 aliphatic heterocycles. The molecule has 2 fully saturated rings. The zero-order valence-corrected chi connectivity index (χ0v) is 13.4. The highest BCUT2D eigenvalue weighted by Crippen LogP contribution is 2.24. The molecule has 118 valence electrons. The SMILES string of the molecule is COC(=O)C1CCN(C(=S)NC(=O)C2CCCCC2)CC1. The second-order valence-electron chi connectivity index (χ2n) is 5.91. The fraction of sp³-hybridized carbons (Fsp3) is 0.800. The first kappa shape index (κ1) is 16.2. The van der Waals surface area contributed by atoms with Crippen LogP contribution in [-0.2, 0) is 14.3 Å². The molecule has 1 amide bonds. The Morgan fingerprint density at radius 1 is 1.05 bits per heavy atom. The van der Waals surface area contributed by atoms with Crippen molar-refractivity contribution in [3.63, 3.8) is 0 Å². The fourth-order valence-electron chi connectivity index (χ4n) is 3.14. The van der Waals surface area contributed by atoms with Gasteiger partial charge < -0.3 is 15.0 Å². The number of carbonyl (C=O) groups excluding carboxylic acids is 2. The smallest absolute Gasteiger partial charge is 0.308 e. The van der Waals surface area contributed by atoms with Crippen molar-refractivity contribution in [2.75, 3.05) is 20.2 Å². The highest BCUT2D eigenvalue weighted by Gasteiger charge is 2.28. The minimum absolute atomic E-state index is 0.0388. The van der Waals surface area contributed by atoms with E-state index in [4.69, 9.17) is 17.0 Å². The van der Waals surface area contributed by atoms with E-state index in [1.807, 2.05) is 4.90 Å². The monoisotopic (exact) mass is 312 g/mol. The van der Waals surface area contributed by atoms with Crippen LogP contribution in [0, 0.1) is 11.8 Å². The number of hydrogen-bond donors (Lipinski definition) is 1. The van der Waals surface area contributed by atoms with Gasteiger partial charge in [-0.25, -0.2) is 0 Å². The minimum atomic E-state index is -0.146. The van der Waals surface area contributed by atoms with E-state index in [2.05, 4.69) is 5.32 Å². The first-order valence-corrected chi connectivity index (χ1v) is 8.20. The van der Waals surface area contributed by atoms with Crippen molar-refractivity contribution >= 4 is 29.2 Å². The van der Waals surface area contributed by atoms with Crippen LogP contribution in [0.3, 0.4) is 0 Å². The predicted molar refractivity (Wildman–Crippen MR) is 83.6 cm³/mol. The van der Waals surface area contributed by atoms with Crippen LogP contribution in [0.5, 0.6) is 0 Å².